The van der Waals surface area contributed by atoms with Crippen LogP contribution in [0.1, 0.15) is 10.4 Å². The first-order valence-corrected chi connectivity index (χ1v) is 9.68. The number of anilines is 1. The molecule has 10 heteroatoms. The molecule has 0 aliphatic carbocycles. The summed E-state index contributed by atoms with van der Waals surface area (Å²) in [6, 6.07) is 14.7. The van der Waals surface area contributed by atoms with E-state index in [-0.39, 0.29) is 5.69 Å². The molecule has 7 nitrogen and oxygen atoms in total. The highest BCUT2D eigenvalue weighted by atomic mass is 19.4. The largest absolute Gasteiger partial charge is 0.573 e. The van der Waals surface area contributed by atoms with Crippen LogP contribution < -0.4 is 15.6 Å². The average Bonchev–Trinajstić information content (AvgIpc) is 3.20. The number of alkyl halides is 3. The molecular weight excluding hydrogens is 437 g/mol. The van der Waals surface area contributed by atoms with E-state index in [9.17, 15) is 22.8 Å². The first-order chi connectivity index (χ1) is 15.7. The van der Waals surface area contributed by atoms with Gasteiger partial charge < -0.3 is 10.1 Å². The van der Waals surface area contributed by atoms with Gasteiger partial charge in [0, 0.05) is 47.9 Å². The van der Waals surface area contributed by atoms with Gasteiger partial charge in [0.1, 0.15) is 5.75 Å². The minimum Gasteiger partial charge on any atom is -0.406 e. The third kappa shape index (κ3) is 5.12. The van der Waals surface area contributed by atoms with Crippen LogP contribution in [0, 0.1) is 0 Å². The van der Waals surface area contributed by atoms with Crippen LogP contribution in [0.5, 0.6) is 5.75 Å². The average molecular weight is 454 g/mol. The van der Waals surface area contributed by atoms with Crippen LogP contribution in [0.3, 0.4) is 0 Å². The van der Waals surface area contributed by atoms with Gasteiger partial charge in [-0.3, -0.25) is 18.8 Å². The molecule has 0 atom stereocenters. The van der Waals surface area contributed by atoms with Crippen LogP contribution in [-0.2, 0) is 7.05 Å². The summed E-state index contributed by atoms with van der Waals surface area (Å²) in [6.07, 6.45) is -0.0325. The Kier molecular flexibility index (Phi) is 5.74. The topological polar surface area (TPSA) is 78.1 Å². The zero-order chi connectivity index (χ0) is 23.6. The summed E-state index contributed by atoms with van der Waals surface area (Å²) in [5, 5.41) is 6.89. The van der Waals surface area contributed by atoms with E-state index in [4.69, 9.17) is 0 Å². The summed E-state index contributed by atoms with van der Waals surface area (Å²) in [6.45, 7) is 0. The predicted octanol–water partition coefficient (Wildman–Crippen LogP) is 4.39. The number of carbonyl (C=O) groups excluding carboxylic acids is 1. The minimum absolute atomic E-state index is 0.273. The molecule has 0 aliphatic rings. The maximum absolute atomic E-state index is 12.8. The highest BCUT2D eigenvalue weighted by Gasteiger charge is 2.31. The Balaban J connectivity index is 1.74. The maximum Gasteiger partial charge on any atom is 0.573 e. The second-order valence-electron chi connectivity index (χ2n) is 7.07. The minimum atomic E-state index is -4.82. The van der Waals surface area contributed by atoms with Crippen LogP contribution in [0.2, 0.25) is 0 Å². The predicted molar refractivity (Wildman–Crippen MR) is 115 cm³/mol. The van der Waals surface area contributed by atoms with Crippen molar-refractivity contribution in [1.82, 2.24) is 14.3 Å². The van der Waals surface area contributed by atoms with E-state index < -0.39 is 23.6 Å². The molecule has 0 fully saturated rings. The van der Waals surface area contributed by atoms with Crippen molar-refractivity contribution in [3.8, 4) is 22.6 Å². The smallest absolute Gasteiger partial charge is 0.406 e. The van der Waals surface area contributed by atoms with Gasteiger partial charge in [0.25, 0.3) is 11.5 Å². The molecule has 0 aliphatic heterocycles. The van der Waals surface area contributed by atoms with E-state index in [1.54, 1.807) is 54.5 Å². The molecule has 0 saturated carbocycles. The molecule has 2 aromatic carbocycles. The van der Waals surface area contributed by atoms with Gasteiger partial charge in [-0.05, 0) is 36.4 Å². The third-order valence-electron chi connectivity index (χ3n) is 4.70. The number of nitrogens with one attached hydrogen (secondary N) is 1. The molecule has 0 spiro atoms. The fourth-order valence-electron chi connectivity index (χ4n) is 3.22. The third-order valence-corrected chi connectivity index (χ3v) is 4.70. The van der Waals surface area contributed by atoms with Crippen molar-refractivity contribution in [2.24, 2.45) is 7.05 Å². The maximum atomic E-state index is 12.8. The van der Waals surface area contributed by atoms with E-state index >= 15 is 0 Å². The molecule has 0 radical (unpaired) electrons. The summed E-state index contributed by atoms with van der Waals surface area (Å²) >= 11 is 0. The van der Waals surface area contributed by atoms with Crippen molar-refractivity contribution in [2.75, 3.05) is 5.32 Å². The zero-order valence-electron chi connectivity index (χ0n) is 17.2. The number of aryl methyl sites for hydroxylation is 1. The first-order valence-electron chi connectivity index (χ1n) is 9.68. The zero-order valence-corrected chi connectivity index (χ0v) is 17.2. The molecule has 2 heterocycles. The monoisotopic (exact) mass is 454 g/mol. The number of carbonyl (C=O) groups is 1. The van der Waals surface area contributed by atoms with Crippen LogP contribution in [0.25, 0.3) is 16.8 Å². The highest BCUT2D eigenvalue weighted by molar-refractivity contribution is 6.06. The van der Waals surface area contributed by atoms with E-state index in [1.807, 2.05) is 0 Å². The Morgan fingerprint density at radius 3 is 2.33 bits per heavy atom. The molecule has 0 saturated heterocycles. The lowest BCUT2D eigenvalue weighted by atomic mass is 10.1. The number of aromatic nitrogens is 3. The number of rotatable bonds is 5. The molecule has 33 heavy (non-hydrogen) atoms. The van der Waals surface area contributed by atoms with Gasteiger partial charge in [0.15, 0.2) is 0 Å². The van der Waals surface area contributed by atoms with Crippen molar-refractivity contribution in [1.29, 1.82) is 0 Å². The molecule has 168 valence electrons. The van der Waals surface area contributed by atoms with Crippen molar-refractivity contribution in [3.05, 3.63) is 95.2 Å². The number of pyridine rings is 1. The van der Waals surface area contributed by atoms with Gasteiger partial charge in [0.05, 0.1) is 11.9 Å². The van der Waals surface area contributed by atoms with Gasteiger partial charge in [-0.2, -0.15) is 5.10 Å². The molecular formula is C23H17F3N4O3. The molecule has 2 aromatic heterocycles. The lowest BCUT2D eigenvalue weighted by Crippen LogP contribution is -2.21. The van der Waals surface area contributed by atoms with Crippen LogP contribution in [0.15, 0.2) is 84.0 Å². The SMILES string of the molecule is Cn1cc(-c2cn(-c3ccc(OC(F)(F)F)cc3)c(=O)cc2NC(=O)c2ccccc2)cn1. The van der Waals surface area contributed by atoms with E-state index in [2.05, 4.69) is 15.2 Å². The Labute approximate surface area is 185 Å². The van der Waals surface area contributed by atoms with Gasteiger partial charge in [-0.1, -0.05) is 18.2 Å². The molecule has 4 aromatic rings. The second-order valence-corrected chi connectivity index (χ2v) is 7.07. The Morgan fingerprint density at radius 1 is 1.03 bits per heavy atom. The second kappa shape index (κ2) is 8.65. The van der Waals surface area contributed by atoms with Crippen molar-refractivity contribution in [3.63, 3.8) is 0 Å². The van der Waals surface area contributed by atoms with Crippen molar-refractivity contribution >= 4 is 11.6 Å². The van der Waals surface area contributed by atoms with Gasteiger partial charge in [-0.15, -0.1) is 13.2 Å². The number of benzene rings is 2. The van der Waals surface area contributed by atoms with Crippen LogP contribution in [0.4, 0.5) is 18.9 Å². The quantitative estimate of drug-likeness (QED) is 0.485. The Hall–Kier alpha value is -4.34. The summed E-state index contributed by atoms with van der Waals surface area (Å²) in [7, 11) is 1.72. The summed E-state index contributed by atoms with van der Waals surface area (Å²) in [4.78, 5) is 25.5. The fraction of sp³-hybridized carbons (Fsp3) is 0.0870. The van der Waals surface area contributed by atoms with Crippen LogP contribution >= 0.6 is 0 Å². The van der Waals surface area contributed by atoms with Gasteiger partial charge >= 0.3 is 6.36 Å². The lowest BCUT2D eigenvalue weighted by molar-refractivity contribution is -0.274. The number of amides is 1. The first kappa shape index (κ1) is 21.9. The Morgan fingerprint density at radius 2 is 1.73 bits per heavy atom. The number of nitrogens with zero attached hydrogens (tertiary/aromatic N) is 3. The molecule has 4 rings (SSSR count). The lowest BCUT2D eigenvalue weighted by Gasteiger charge is -2.14. The highest BCUT2D eigenvalue weighted by Crippen LogP contribution is 2.28. The van der Waals surface area contributed by atoms with Crippen LogP contribution in [-0.4, -0.2) is 26.6 Å². The number of hydrogen-bond acceptors (Lipinski definition) is 4. The van der Waals surface area contributed by atoms with E-state index in [1.165, 1.54) is 29.0 Å². The molecule has 1 N–H and O–H groups in total. The van der Waals surface area contributed by atoms with E-state index in [0.717, 1.165) is 12.1 Å². The summed E-state index contributed by atoms with van der Waals surface area (Å²) in [5.74, 6) is -0.801. The van der Waals surface area contributed by atoms with Gasteiger partial charge in [0.2, 0.25) is 0 Å². The standard InChI is InChI=1S/C23H17F3N4O3/c1-29-13-16(12-27-29)19-14-30(17-7-9-18(10-8-17)33-23(24,25)26)21(31)11-20(19)28-22(32)15-5-3-2-4-6-15/h2-14H,1H3,(H,28,32). The number of ether oxygens (including phenoxy) is 1. The summed E-state index contributed by atoms with van der Waals surface area (Å²) < 4.78 is 44.0. The summed E-state index contributed by atoms with van der Waals surface area (Å²) in [5.41, 5.74) is 1.65. The molecule has 0 bridgehead atoms. The van der Waals surface area contributed by atoms with Crippen molar-refractivity contribution in [2.45, 2.75) is 6.36 Å². The van der Waals surface area contributed by atoms with Crippen molar-refractivity contribution < 1.29 is 22.7 Å². The molecule has 0 unspecified atom stereocenters. The Bertz CT molecular complexity index is 1340. The van der Waals surface area contributed by atoms with Gasteiger partial charge in [-0.25, -0.2) is 0 Å². The molecule has 1 amide bonds. The number of halogens is 3. The van der Waals surface area contributed by atoms with E-state index in [0.29, 0.717) is 22.4 Å². The fourth-order valence-corrected chi connectivity index (χ4v) is 3.22. The number of hydrogen-bond donors (Lipinski definition) is 1. The normalized spacial score (nSPS) is 11.3.